The van der Waals surface area contributed by atoms with Crippen molar-refractivity contribution in [1.29, 1.82) is 0 Å². The van der Waals surface area contributed by atoms with Crippen molar-refractivity contribution in [3.63, 3.8) is 0 Å². The van der Waals surface area contributed by atoms with E-state index in [-0.39, 0.29) is 55.1 Å². The summed E-state index contributed by atoms with van der Waals surface area (Å²) in [6.07, 6.45) is 2.01. The Bertz CT molecular complexity index is 904. The number of aliphatic hydroxyl groups excluding tert-OH is 2. The molecule has 2 N–H and O–H groups in total. The van der Waals surface area contributed by atoms with E-state index in [9.17, 15) is 15.0 Å². The minimum Gasteiger partial charge on any atom is -0.497 e. The molecule has 3 saturated heterocycles. The number of fused-ring (bicyclic) bond motifs is 1. The van der Waals surface area contributed by atoms with Crippen LogP contribution in [0.25, 0.3) is 0 Å². The number of rotatable bonds is 11. The Balaban J connectivity index is 1.52. The van der Waals surface area contributed by atoms with E-state index in [1.807, 2.05) is 24.3 Å². The van der Waals surface area contributed by atoms with Crippen molar-refractivity contribution < 1.29 is 38.7 Å². The lowest BCUT2D eigenvalue weighted by Crippen LogP contribution is -2.61. The summed E-state index contributed by atoms with van der Waals surface area (Å²) in [6.45, 7) is 8.99. The minimum atomic E-state index is -0.693. The molecule has 3 aliphatic rings. The third kappa shape index (κ3) is 6.84. The molecule has 0 aromatic heterocycles. The first kappa shape index (κ1) is 29.2. The highest BCUT2D eigenvalue weighted by Gasteiger charge is 2.50. The summed E-state index contributed by atoms with van der Waals surface area (Å²) in [5.41, 5.74) is 2.07. The highest BCUT2D eigenvalue weighted by molar-refractivity contribution is 5.49. The number of hydrogen-bond acceptors (Lipinski definition) is 8. The maximum Gasteiger partial charge on any atom is 0.120 e. The van der Waals surface area contributed by atoms with E-state index in [1.54, 1.807) is 7.11 Å². The van der Waals surface area contributed by atoms with Crippen LogP contribution in [0.15, 0.2) is 36.4 Å². The number of carbonyl (C=O) groups excluding carboxylic acids is 1. The monoisotopic (exact) mass is 532 g/mol. The Labute approximate surface area is 226 Å². The van der Waals surface area contributed by atoms with Crippen LogP contribution >= 0.6 is 0 Å². The lowest BCUT2D eigenvalue weighted by Gasteiger charge is -2.51. The average molecular weight is 533 g/mol. The molecule has 0 aliphatic carbocycles. The first-order chi connectivity index (χ1) is 18.3. The number of methoxy groups -OCH3 is 1. The van der Waals surface area contributed by atoms with E-state index in [0.29, 0.717) is 38.7 Å². The van der Waals surface area contributed by atoms with Gasteiger partial charge in [0.05, 0.1) is 62.5 Å². The van der Waals surface area contributed by atoms with Crippen LogP contribution in [-0.2, 0) is 30.3 Å². The topological polar surface area (TPSA) is 104 Å². The Kier molecular flexibility index (Phi) is 10.4. The summed E-state index contributed by atoms with van der Waals surface area (Å²) in [6, 6.07) is 7.81. The lowest BCUT2D eigenvalue weighted by atomic mass is 9.79. The summed E-state index contributed by atoms with van der Waals surface area (Å²) in [4.78, 5) is 11.0. The van der Waals surface area contributed by atoms with Crippen LogP contribution in [0.4, 0.5) is 0 Å². The van der Waals surface area contributed by atoms with Gasteiger partial charge >= 0.3 is 0 Å². The minimum absolute atomic E-state index is 0.00849. The normalized spacial score (nSPS) is 37.4. The molecule has 8 heteroatoms. The lowest BCUT2D eigenvalue weighted by molar-refractivity contribution is -0.277. The van der Waals surface area contributed by atoms with E-state index < -0.39 is 12.2 Å². The zero-order valence-corrected chi connectivity index (χ0v) is 22.9. The third-order valence-electron chi connectivity index (χ3n) is 8.44. The van der Waals surface area contributed by atoms with Crippen LogP contribution in [-0.4, -0.2) is 79.0 Å². The van der Waals surface area contributed by atoms with Gasteiger partial charge in [-0.05, 0) is 48.4 Å². The molecular weight excluding hydrogens is 488 g/mol. The molecule has 1 aromatic carbocycles. The molecule has 0 spiro atoms. The molecule has 4 rings (SSSR count). The van der Waals surface area contributed by atoms with Crippen molar-refractivity contribution in [3.05, 3.63) is 42.0 Å². The standard InChI is InChI=1S/C30H44O8/c1-18-14-23(6-5-12-31)36-26(19(18)2)16-28-29(35-17-21-7-9-22(34-4)10-8-21)20(3)30-27(37-28)15-24(33)25(38-30)11-13-32/h7-10,12,18,20,23-30,32-33H,2,5-6,11,13-17H2,1,3-4H3/t18-,20-,23+,24?,25-,26?,27+,28+,29-,30+/m1/s1. The van der Waals surface area contributed by atoms with Crippen molar-refractivity contribution in [2.45, 2.75) is 108 Å². The number of ether oxygens (including phenoxy) is 5. The molecule has 38 heavy (non-hydrogen) atoms. The van der Waals surface area contributed by atoms with Crippen LogP contribution in [0.5, 0.6) is 5.75 Å². The SMILES string of the molecule is C=C1C(C[C@@H]2O[C@H]3CC(O)[C@@H](CCO)O[C@H]3[C@H](C)[C@H]2OCc2ccc(OC)cc2)O[C@@H](CCC=O)C[C@H]1C. The number of aldehydes is 1. The average Bonchev–Trinajstić information content (AvgIpc) is 2.91. The van der Waals surface area contributed by atoms with Gasteiger partial charge in [-0.2, -0.15) is 0 Å². The molecule has 212 valence electrons. The fraction of sp³-hybridized carbons (Fsp3) is 0.700. The molecule has 3 heterocycles. The van der Waals surface area contributed by atoms with Gasteiger partial charge in [-0.25, -0.2) is 0 Å². The van der Waals surface area contributed by atoms with Gasteiger partial charge in [-0.3, -0.25) is 0 Å². The second-order valence-electron chi connectivity index (χ2n) is 11.1. The van der Waals surface area contributed by atoms with Crippen molar-refractivity contribution in [1.82, 2.24) is 0 Å². The molecule has 10 atom stereocenters. The fourth-order valence-corrected chi connectivity index (χ4v) is 6.17. The van der Waals surface area contributed by atoms with Gasteiger partial charge in [0, 0.05) is 31.8 Å². The maximum absolute atomic E-state index is 11.0. The zero-order valence-electron chi connectivity index (χ0n) is 22.9. The summed E-state index contributed by atoms with van der Waals surface area (Å²) in [5.74, 6) is 1.07. The van der Waals surface area contributed by atoms with Crippen molar-refractivity contribution in [2.75, 3.05) is 13.7 Å². The van der Waals surface area contributed by atoms with Gasteiger partial charge in [-0.1, -0.05) is 32.6 Å². The number of carbonyl (C=O) groups is 1. The molecule has 1 aromatic rings. The number of aliphatic hydroxyl groups is 2. The smallest absolute Gasteiger partial charge is 0.120 e. The summed E-state index contributed by atoms with van der Waals surface area (Å²) in [7, 11) is 1.64. The van der Waals surface area contributed by atoms with E-state index >= 15 is 0 Å². The van der Waals surface area contributed by atoms with Crippen LogP contribution in [0.2, 0.25) is 0 Å². The number of benzene rings is 1. The van der Waals surface area contributed by atoms with Gasteiger partial charge in [0.15, 0.2) is 0 Å². The molecular formula is C30H44O8. The van der Waals surface area contributed by atoms with E-state index in [2.05, 4.69) is 20.4 Å². The van der Waals surface area contributed by atoms with Gasteiger partial charge < -0.3 is 38.7 Å². The summed E-state index contributed by atoms with van der Waals surface area (Å²) >= 11 is 0. The van der Waals surface area contributed by atoms with E-state index in [4.69, 9.17) is 23.7 Å². The van der Waals surface area contributed by atoms with Crippen LogP contribution < -0.4 is 4.74 Å². The molecule has 8 nitrogen and oxygen atoms in total. The van der Waals surface area contributed by atoms with E-state index in [1.165, 1.54) is 0 Å². The predicted octanol–water partition coefficient (Wildman–Crippen LogP) is 3.60. The predicted molar refractivity (Wildman–Crippen MR) is 142 cm³/mol. The second kappa shape index (κ2) is 13.5. The molecule has 3 fully saturated rings. The first-order valence-corrected chi connectivity index (χ1v) is 14.0. The maximum atomic E-state index is 11.0. The largest absolute Gasteiger partial charge is 0.497 e. The molecule has 0 amide bonds. The molecule has 2 unspecified atom stereocenters. The highest BCUT2D eigenvalue weighted by Crippen LogP contribution is 2.41. The van der Waals surface area contributed by atoms with Crippen molar-refractivity contribution >= 4 is 6.29 Å². The van der Waals surface area contributed by atoms with Gasteiger partial charge in [-0.15, -0.1) is 0 Å². The van der Waals surface area contributed by atoms with Crippen LogP contribution in [0.1, 0.15) is 57.9 Å². The Morgan fingerprint density at radius 1 is 1.08 bits per heavy atom. The Hall–Kier alpha value is -1.81. The van der Waals surface area contributed by atoms with Crippen molar-refractivity contribution in [3.8, 4) is 5.75 Å². The third-order valence-corrected chi connectivity index (χ3v) is 8.44. The number of hydrogen-bond donors (Lipinski definition) is 2. The van der Waals surface area contributed by atoms with Gasteiger partial charge in [0.25, 0.3) is 0 Å². The molecule has 0 radical (unpaired) electrons. The van der Waals surface area contributed by atoms with Crippen LogP contribution in [0.3, 0.4) is 0 Å². The summed E-state index contributed by atoms with van der Waals surface area (Å²) in [5, 5.41) is 20.1. The zero-order chi connectivity index (χ0) is 27.2. The van der Waals surface area contributed by atoms with E-state index in [0.717, 1.165) is 29.6 Å². The van der Waals surface area contributed by atoms with Gasteiger partial charge in [0.1, 0.15) is 12.0 Å². The molecule has 0 bridgehead atoms. The van der Waals surface area contributed by atoms with Gasteiger partial charge in [0.2, 0.25) is 0 Å². The summed E-state index contributed by atoms with van der Waals surface area (Å²) < 4.78 is 31.2. The Morgan fingerprint density at radius 3 is 2.53 bits per heavy atom. The highest BCUT2D eigenvalue weighted by atomic mass is 16.6. The van der Waals surface area contributed by atoms with Crippen LogP contribution in [0, 0.1) is 11.8 Å². The first-order valence-electron chi connectivity index (χ1n) is 14.0. The molecule has 0 saturated carbocycles. The van der Waals surface area contributed by atoms with Crippen molar-refractivity contribution in [2.24, 2.45) is 11.8 Å². The second-order valence-corrected chi connectivity index (χ2v) is 11.1. The quantitative estimate of drug-likeness (QED) is 0.329. The molecule has 3 aliphatic heterocycles. The Morgan fingerprint density at radius 2 is 1.84 bits per heavy atom. The fourth-order valence-electron chi connectivity index (χ4n) is 6.17.